The molecule has 0 bridgehead atoms. The Bertz CT molecular complexity index is 11.6. The van der Waals surface area contributed by atoms with E-state index in [-0.39, 0.29) is 48.3 Å². The van der Waals surface area contributed by atoms with E-state index in [0.717, 1.165) is 0 Å². The minimum atomic E-state index is -0.1000. The van der Waals surface area contributed by atoms with Crippen LogP contribution in [0.15, 0.2) is 0 Å². The molecule has 0 aromatic carbocycles. The summed E-state index contributed by atoms with van der Waals surface area (Å²) in [6, 6.07) is 0. The van der Waals surface area contributed by atoms with Gasteiger partial charge in [-0.15, -0.1) is 0 Å². The van der Waals surface area contributed by atoms with E-state index in [1.165, 1.54) is 0 Å². The molecule has 0 saturated carbocycles. The van der Waals surface area contributed by atoms with Crippen molar-refractivity contribution in [3.63, 3.8) is 0 Å². The molecule has 0 rings (SSSR count). The number of rotatable bonds is 0. The van der Waals surface area contributed by atoms with Crippen molar-refractivity contribution in [1.29, 1.82) is 0 Å². The van der Waals surface area contributed by atoms with Crippen LogP contribution in [0.4, 0.5) is 0 Å². The SMILES string of the molecule is [O]=[InH].[O]=[Zr].[SnH2]. The first-order valence-corrected chi connectivity index (χ1v) is 3.14. The summed E-state index contributed by atoms with van der Waals surface area (Å²) in [5, 5.41) is 0. The fourth-order valence-electron chi connectivity index (χ4n) is 0. The van der Waals surface area contributed by atoms with Crippen molar-refractivity contribution in [2.45, 2.75) is 0 Å². The van der Waals surface area contributed by atoms with Crippen LogP contribution in [0.5, 0.6) is 0 Å². The molecular weight excluding hydrogens is 357 g/mol. The van der Waals surface area contributed by atoms with Crippen LogP contribution in [0.25, 0.3) is 0 Å². The van der Waals surface area contributed by atoms with Crippen molar-refractivity contribution in [2.75, 3.05) is 0 Å². The number of hydrogen-bond acceptors (Lipinski definition) is 2. The summed E-state index contributed by atoms with van der Waals surface area (Å²) in [6.07, 6.45) is 0. The Labute approximate surface area is 77.3 Å². The van der Waals surface area contributed by atoms with Gasteiger partial charge in [-0.3, -0.25) is 0 Å². The molecule has 0 spiro atoms. The summed E-state index contributed by atoms with van der Waals surface area (Å²) in [4.78, 5) is 0. The van der Waals surface area contributed by atoms with Gasteiger partial charge in [-0.05, 0) is 0 Å². The third kappa shape index (κ3) is 22.9. The summed E-state index contributed by atoms with van der Waals surface area (Å²) in [6.45, 7) is 0. The predicted molar refractivity (Wildman–Crippen MR) is 17.1 cm³/mol. The van der Waals surface area contributed by atoms with Gasteiger partial charge in [-0.25, -0.2) is 0 Å². The van der Waals surface area contributed by atoms with Crippen LogP contribution in [0.1, 0.15) is 0 Å². The topological polar surface area (TPSA) is 34.1 Å². The number of hydrogen-bond donors (Lipinski definition) is 0. The molecule has 0 saturated heterocycles. The molecule has 0 N–H and O–H groups in total. The maximum absolute atomic E-state index is 8.42. The molecule has 0 amide bonds. The molecule has 0 aromatic rings. The summed E-state index contributed by atoms with van der Waals surface area (Å²) in [7, 11) is 0. The first-order valence-electron chi connectivity index (χ1n) is 0.493. The van der Waals surface area contributed by atoms with Gasteiger partial charge in [0, 0.05) is 0 Å². The fourth-order valence-corrected chi connectivity index (χ4v) is 0. The zero-order valence-electron chi connectivity index (χ0n) is 2.73. The van der Waals surface area contributed by atoms with E-state index in [9.17, 15) is 0 Å². The van der Waals surface area contributed by atoms with Gasteiger partial charge in [-0.1, -0.05) is 0 Å². The Morgan fingerprint density at radius 2 is 1.20 bits per heavy atom. The van der Waals surface area contributed by atoms with Crippen molar-refractivity contribution >= 4 is 48.3 Å². The van der Waals surface area contributed by atoms with Crippen molar-refractivity contribution in [3.05, 3.63) is 0 Å². The molecule has 0 aliphatic heterocycles. The average Bonchev–Trinajstić information content (AvgIpc) is 1.50. The van der Waals surface area contributed by atoms with Crippen molar-refractivity contribution in [3.8, 4) is 0 Å². The third-order valence-corrected chi connectivity index (χ3v) is 0. The molecule has 2 nitrogen and oxygen atoms in total. The summed E-state index contributed by atoms with van der Waals surface area (Å²) < 4.78 is 16.8. The van der Waals surface area contributed by atoms with Crippen LogP contribution >= 0.6 is 0 Å². The molecule has 0 unspecified atom stereocenters. The molecule has 0 aromatic heterocycles. The van der Waals surface area contributed by atoms with Crippen LogP contribution in [-0.4, -0.2) is 48.3 Å². The van der Waals surface area contributed by atoms with Crippen molar-refractivity contribution in [1.82, 2.24) is 0 Å². The molecule has 0 atom stereocenters. The maximum atomic E-state index is 8.42. The molecule has 5 heavy (non-hydrogen) atoms. The molecular formula is H3InO2SnZr. The van der Waals surface area contributed by atoms with Gasteiger partial charge in [0.05, 0.1) is 0 Å². The second-order valence-electron chi connectivity index (χ2n) is 0. The molecule has 0 aliphatic carbocycles. The minimum absolute atomic E-state index is 0. The molecule has 0 aliphatic rings. The van der Waals surface area contributed by atoms with E-state index in [0.29, 0.717) is 24.7 Å². The quantitative estimate of drug-likeness (QED) is 0.478. The van der Waals surface area contributed by atoms with Gasteiger partial charge in [0.15, 0.2) is 0 Å². The van der Waals surface area contributed by atoms with E-state index in [1.54, 1.807) is 0 Å². The Balaban J connectivity index is -0.0000000133. The normalized spacial score (nSPS) is 1.20. The summed E-state index contributed by atoms with van der Waals surface area (Å²) >= 11 is 0.200. The predicted octanol–water partition coefficient (Wildman–Crippen LogP) is -1.80. The monoisotopic (exact) mass is 360 g/mol. The van der Waals surface area contributed by atoms with E-state index in [1.807, 2.05) is 0 Å². The van der Waals surface area contributed by atoms with E-state index in [2.05, 4.69) is 0 Å². The molecule has 26 valence electrons. The van der Waals surface area contributed by atoms with Crippen LogP contribution < -0.4 is 0 Å². The standard InChI is InChI=1S/In.2O.Sn.Zr.3H. The van der Waals surface area contributed by atoms with Gasteiger partial charge < -0.3 is 0 Å². The van der Waals surface area contributed by atoms with Gasteiger partial charge in [-0.2, -0.15) is 0 Å². The Morgan fingerprint density at radius 1 is 1.20 bits per heavy atom. The van der Waals surface area contributed by atoms with E-state index in [4.69, 9.17) is 5.67 Å². The van der Waals surface area contributed by atoms with E-state index < -0.39 is 0 Å². The molecule has 5 heteroatoms. The fraction of sp³-hybridized carbons (Fsp3) is 0. The van der Waals surface area contributed by atoms with Gasteiger partial charge in [0.2, 0.25) is 0 Å². The molecule has 0 fully saturated rings. The van der Waals surface area contributed by atoms with Crippen LogP contribution in [0.2, 0.25) is 0 Å². The second kappa shape index (κ2) is 35.3. The third-order valence-electron chi connectivity index (χ3n) is 0. The van der Waals surface area contributed by atoms with Crippen LogP contribution in [-0.2, 0) is 30.4 Å². The van der Waals surface area contributed by atoms with Crippen molar-refractivity contribution < 1.29 is 30.4 Å². The Kier molecular flexibility index (Phi) is 111. The Hall–Kier alpha value is 2.15. The molecule has 2 radical (unpaired) electrons. The van der Waals surface area contributed by atoms with E-state index >= 15 is 0 Å². The summed E-state index contributed by atoms with van der Waals surface area (Å²) in [5.41, 5.74) is 0. The van der Waals surface area contributed by atoms with Gasteiger partial charge >= 0.3 is 78.7 Å². The zero-order chi connectivity index (χ0) is 4.00. The summed E-state index contributed by atoms with van der Waals surface area (Å²) in [5.74, 6) is 0. The van der Waals surface area contributed by atoms with Gasteiger partial charge in [0.25, 0.3) is 0 Å². The second-order valence-corrected chi connectivity index (χ2v) is 0. The Morgan fingerprint density at radius 3 is 1.20 bits per heavy atom. The zero-order valence-corrected chi connectivity index (χ0v) is 13.3. The van der Waals surface area contributed by atoms with Crippen LogP contribution in [0, 0.1) is 0 Å². The first-order chi connectivity index (χ1) is 2.00. The molecule has 0 heterocycles. The van der Waals surface area contributed by atoms with Crippen molar-refractivity contribution in [2.24, 2.45) is 0 Å². The van der Waals surface area contributed by atoms with Gasteiger partial charge in [0.1, 0.15) is 0 Å². The average molecular weight is 360 g/mol. The first kappa shape index (κ1) is 15.7. The van der Waals surface area contributed by atoms with Crippen LogP contribution in [0.3, 0.4) is 0 Å².